The van der Waals surface area contributed by atoms with Crippen LogP contribution in [0.4, 0.5) is 0 Å². The number of aliphatic hydroxyl groups is 2. The van der Waals surface area contributed by atoms with Crippen molar-refractivity contribution >= 4 is 11.9 Å². The minimum atomic E-state index is -1.57. The van der Waals surface area contributed by atoms with Gasteiger partial charge in [0.1, 0.15) is 6.10 Å². The van der Waals surface area contributed by atoms with Crippen LogP contribution in [0.2, 0.25) is 0 Å². The highest BCUT2D eigenvalue weighted by Crippen LogP contribution is 2.26. The molecular weight excluding hydrogens is 352 g/mol. The number of benzene rings is 2. The summed E-state index contributed by atoms with van der Waals surface area (Å²) in [5, 5.41) is 20.1. The van der Waals surface area contributed by atoms with Crippen LogP contribution in [0.25, 0.3) is 0 Å². The molecule has 1 heterocycles. The van der Waals surface area contributed by atoms with Gasteiger partial charge in [0.2, 0.25) is 0 Å². The maximum Gasteiger partial charge on any atom is 0.338 e. The SMILES string of the molecule is C[C@H]1O[C@H](O)[C@@H](O)[C@@H](OC(=O)c2ccccc2)[C@@H]1OC(=O)c1ccccc1. The van der Waals surface area contributed by atoms with Gasteiger partial charge in [-0.05, 0) is 31.2 Å². The van der Waals surface area contributed by atoms with Gasteiger partial charge in [-0.2, -0.15) is 0 Å². The zero-order chi connectivity index (χ0) is 19.4. The number of carbonyl (C=O) groups excluding carboxylic acids is 2. The largest absolute Gasteiger partial charge is 0.452 e. The second-order valence-electron chi connectivity index (χ2n) is 6.19. The lowest BCUT2D eigenvalue weighted by atomic mass is 9.99. The van der Waals surface area contributed by atoms with Gasteiger partial charge in [-0.25, -0.2) is 9.59 Å². The Labute approximate surface area is 156 Å². The average Bonchev–Trinajstić information content (AvgIpc) is 2.69. The lowest BCUT2D eigenvalue weighted by Crippen LogP contribution is -2.59. The van der Waals surface area contributed by atoms with Gasteiger partial charge in [0.05, 0.1) is 17.2 Å². The van der Waals surface area contributed by atoms with Gasteiger partial charge in [0.15, 0.2) is 18.5 Å². The first-order chi connectivity index (χ1) is 13.0. The molecule has 1 aliphatic rings. The van der Waals surface area contributed by atoms with E-state index in [-0.39, 0.29) is 5.56 Å². The van der Waals surface area contributed by atoms with Crippen LogP contribution in [0.3, 0.4) is 0 Å². The van der Waals surface area contributed by atoms with Crippen molar-refractivity contribution in [2.24, 2.45) is 0 Å². The first-order valence-corrected chi connectivity index (χ1v) is 8.51. The molecule has 2 N–H and O–H groups in total. The molecule has 5 atom stereocenters. The summed E-state index contributed by atoms with van der Waals surface area (Å²) in [6.45, 7) is 1.56. The van der Waals surface area contributed by atoms with E-state index >= 15 is 0 Å². The van der Waals surface area contributed by atoms with Crippen LogP contribution in [0.5, 0.6) is 0 Å². The molecule has 0 aliphatic carbocycles. The third-order valence-corrected chi connectivity index (χ3v) is 4.27. The van der Waals surface area contributed by atoms with Crippen molar-refractivity contribution in [1.82, 2.24) is 0 Å². The number of hydrogen-bond donors (Lipinski definition) is 2. The Kier molecular flexibility index (Phi) is 5.85. The highest BCUT2D eigenvalue weighted by molar-refractivity contribution is 5.90. The lowest BCUT2D eigenvalue weighted by Gasteiger charge is -2.40. The van der Waals surface area contributed by atoms with Crippen molar-refractivity contribution in [3.05, 3.63) is 71.8 Å². The van der Waals surface area contributed by atoms with Crippen molar-refractivity contribution in [1.29, 1.82) is 0 Å². The summed E-state index contributed by atoms with van der Waals surface area (Å²) in [5.41, 5.74) is 0.574. The number of esters is 2. The summed E-state index contributed by atoms with van der Waals surface area (Å²) < 4.78 is 16.0. The molecule has 0 saturated carbocycles. The molecule has 7 nitrogen and oxygen atoms in total. The lowest BCUT2D eigenvalue weighted by molar-refractivity contribution is -0.276. The highest BCUT2D eigenvalue weighted by atomic mass is 16.7. The van der Waals surface area contributed by atoms with Crippen molar-refractivity contribution < 1.29 is 34.0 Å². The Balaban J connectivity index is 1.80. The molecule has 0 amide bonds. The third-order valence-electron chi connectivity index (χ3n) is 4.27. The topological polar surface area (TPSA) is 102 Å². The molecule has 1 aliphatic heterocycles. The van der Waals surface area contributed by atoms with Crippen LogP contribution in [-0.2, 0) is 14.2 Å². The number of aliphatic hydroxyl groups excluding tert-OH is 2. The van der Waals surface area contributed by atoms with Gasteiger partial charge in [-0.3, -0.25) is 0 Å². The second kappa shape index (κ2) is 8.30. The standard InChI is InChI=1S/C20H20O7/c1-12-16(26-18(22)13-8-4-2-5-9-13)17(15(21)20(24)25-12)27-19(23)14-10-6-3-7-11-14/h2-12,15-17,20-21,24H,1H3/t12-,15+,16-,17-,20+/m1/s1. The first-order valence-electron chi connectivity index (χ1n) is 8.51. The third kappa shape index (κ3) is 4.33. The maximum atomic E-state index is 12.4. The fraction of sp³-hybridized carbons (Fsp3) is 0.300. The van der Waals surface area contributed by atoms with Gasteiger partial charge in [-0.1, -0.05) is 36.4 Å². The second-order valence-corrected chi connectivity index (χ2v) is 6.19. The van der Waals surface area contributed by atoms with Crippen LogP contribution < -0.4 is 0 Å². The van der Waals surface area contributed by atoms with Gasteiger partial charge < -0.3 is 24.4 Å². The van der Waals surface area contributed by atoms with Crippen LogP contribution >= 0.6 is 0 Å². The van der Waals surface area contributed by atoms with Gasteiger partial charge in [0, 0.05) is 0 Å². The van der Waals surface area contributed by atoms with Crippen LogP contribution in [0.15, 0.2) is 60.7 Å². The van der Waals surface area contributed by atoms with E-state index in [1.807, 2.05) is 0 Å². The average molecular weight is 372 g/mol. The van der Waals surface area contributed by atoms with E-state index in [4.69, 9.17) is 14.2 Å². The molecule has 2 aromatic rings. The molecule has 2 aromatic carbocycles. The summed E-state index contributed by atoms with van der Waals surface area (Å²) in [6.07, 6.45) is -6.32. The molecular formula is C20H20O7. The predicted octanol–water partition coefficient (Wildman–Crippen LogP) is 1.54. The number of carbonyl (C=O) groups is 2. The van der Waals surface area contributed by atoms with Crippen molar-refractivity contribution in [2.45, 2.75) is 37.6 Å². The van der Waals surface area contributed by atoms with Crippen LogP contribution in [-0.4, -0.2) is 52.9 Å². The van der Waals surface area contributed by atoms with Gasteiger partial charge in [-0.15, -0.1) is 0 Å². The van der Waals surface area contributed by atoms with E-state index in [9.17, 15) is 19.8 Å². The summed E-state index contributed by atoms with van der Waals surface area (Å²) in [5.74, 6) is -1.36. The van der Waals surface area contributed by atoms with Crippen molar-refractivity contribution in [3.8, 4) is 0 Å². The van der Waals surface area contributed by atoms with E-state index in [0.717, 1.165) is 0 Å². The number of rotatable bonds is 4. The smallest absolute Gasteiger partial charge is 0.338 e. The monoisotopic (exact) mass is 372 g/mol. The van der Waals surface area contributed by atoms with E-state index < -0.39 is 42.6 Å². The van der Waals surface area contributed by atoms with Crippen LogP contribution in [0.1, 0.15) is 27.6 Å². The molecule has 142 valence electrons. The predicted molar refractivity (Wildman–Crippen MR) is 93.9 cm³/mol. The molecule has 0 bridgehead atoms. The zero-order valence-corrected chi connectivity index (χ0v) is 14.6. The van der Waals surface area contributed by atoms with Crippen molar-refractivity contribution in [3.63, 3.8) is 0 Å². The Hall–Kier alpha value is -2.74. The first kappa shape index (κ1) is 19.0. The van der Waals surface area contributed by atoms with E-state index in [2.05, 4.69) is 0 Å². The summed E-state index contributed by atoms with van der Waals surface area (Å²) >= 11 is 0. The van der Waals surface area contributed by atoms with E-state index in [1.54, 1.807) is 67.6 Å². The van der Waals surface area contributed by atoms with Gasteiger partial charge >= 0.3 is 11.9 Å². The Morgan fingerprint density at radius 1 is 0.815 bits per heavy atom. The van der Waals surface area contributed by atoms with Crippen LogP contribution in [0, 0.1) is 0 Å². The minimum absolute atomic E-state index is 0.270. The number of ether oxygens (including phenoxy) is 3. The quantitative estimate of drug-likeness (QED) is 0.785. The molecule has 0 aromatic heterocycles. The van der Waals surface area contributed by atoms with E-state index in [0.29, 0.717) is 5.56 Å². The summed E-state index contributed by atoms with van der Waals surface area (Å²) in [4.78, 5) is 24.8. The molecule has 3 rings (SSSR count). The van der Waals surface area contributed by atoms with Gasteiger partial charge in [0.25, 0.3) is 0 Å². The van der Waals surface area contributed by atoms with Crippen molar-refractivity contribution in [2.75, 3.05) is 0 Å². The Morgan fingerprint density at radius 3 is 1.74 bits per heavy atom. The molecule has 1 saturated heterocycles. The Morgan fingerprint density at radius 2 is 1.26 bits per heavy atom. The maximum absolute atomic E-state index is 12.4. The summed E-state index contributed by atoms with van der Waals surface area (Å²) in [6, 6.07) is 16.5. The normalized spacial score (nSPS) is 27.6. The molecule has 1 fully saturated rings. The Bertz CT molecular complexity index is 777. The van der Waals surface area contributed by atoms with E-state index in [1.165, 1.54) is 0 Å². The molecule has 0 spiro atoms. The minimum Gasteiger partial charge on any atom is -0.452 e. The number of hydrogen-bond acceptors (Lipinski definition) is 7. The highest BCUT2D eigenvalue weighted by Gasteiger charge is 2.47. The fourth-order valence-electron chi connectivity index (χ4n) is 2.83. The molecule has 0 unspecified atom stereocenters. The summed E-state index contributed by atoms with van der Waals surface area (Å²) in [7, 11) is 0. The molecule has 27 heavy (non-hydrogen) atoms. The molecule has 7 heteroatoms. The zero-order valence-electron chi connectivity index (χ0n) is 14.6. The molecule has 0 radical (unpaired) electrons. The fourth-order valence-corrected chi connectivity index (χ4v) is 2.83.